The Morgan fingerprint density at radius 1 is 1.28 bits per heavy atom. The molecule has 0 radical (unpaired) electrons. The van der Waals surface area contributed by atoms with Crippen molar-refractivity contribution in [3.05, 3.63) is 36.0 Å². The molecule has 0 amide bonds. The molecule has 0 spiro atoms. The first-order chi connectivity index (χ1) is 8.38. The topological polar surface area (TPSA) is 53.1 Å². The van der Waals surface area contributed by atoms with Crippen molar-refractivity contribution in [2.45, 2.75) is 6.18 Å². The molecule has 0 aliphatic carbocycles. The Kier molecular flexibility index (Phi) is 2.90. The van der Waals surface area contributed by atoms with Crippen LogP contribution in [0.1, 0.15) is 5.69 Å². The van der Waals surface area contributed by atoms with Crippen LogP contribution < -0.4 is 10.5 Å². The number of aryl methyl sites for hydroxylation is 1. The van der Waals surface area contributed by atoms with Gasteiger partial charge in [-0.05, 0) is 12.1 Å². The van der Waals surface area contributed by atoms with Gasteiger partial charge in [-0.2, -0.15) is 18.3 Å². The maximum atomic E-state index is 12.4. The fourth-order valence-electron chi connectivity index (χ4n) is 1.37. The summed E-state index contributed by atoms with van der Waals surface area (Å²) in [5, 5.41) is 3.33. The largest absolute Gasteiger partial charge is 0.437 e. The third-order valence-corrected chi connectivity index (χ3v) is 2.26. The average Bonchev–Trinajstić information content (AvgIpc) is 2.63. The molecule has 0 atom stereocenters. The third kappa shape index (κ3) is 2.39. The highest BCUT2D eigenvalue weighted by Gasteiger charge is 2.35. The Morgan fingerprint density at radius 3 is 2.50 bits per heavy atom. The molecule has 96 valence electrons. The molecule has 0 bridgehead atoms. The van der Waals surface area contributed by atoms with Gasteiger partial charge in [0.2, 0.25) is 5.88 Å². The molecule has 0 aliphatic heterocycles. The lowest BCUT2D eigenvalue weighted by Gasteiger charge is -2.07. The van der Waals surface area contributed by atoms with Crippen LogP contribution >= 0.6 is 0 Å². The minimum atomic E-state index is -4.50. The molecule has 1 aromatic heterocycles. The van der Waals surface area contributed by atoms with E-state index in [9.17, 15) is 13.2 Å². The van der Waals surface area contributed by atoms with Crippen LogP contribution in [0.2, 0.25) is 0 Å². The molecular formula is C11H10F3N3O. The number of ether oxygens (including phenoxy) is 1. The van der Waals surface area contributed by atoms with E-state index in [4.69, 9.17) is 10.5 Å². The predicted octanol–water partition coefficient (Wildman–Crippen LogP) is 2.81. The molecule has 1 heterocycles. The van der Waals surface area contributed by atoms with E-state index in [1.165, 1.54) is 7.05 Å². The van der Waals surface area contributed by atoms with Gasteiger partial charge in [-0.3, -0.25) is 0 Å². The van der Waals surface area contributed by atoms with Crippen LogP contribution in [0.15, 0.2) is 30.3 Å². The summed E-state index contributed by atoms with van der Waals surface area (Å²) in [6.07, 6.45) is -4.50. The first-order valence-electron chi connectivity index (χ1n) is 5.01. The van der Waals surface area contributed by atoms with E-state index >= 15 is 0 Å². The summed E-state index contributed by atoms with van der Waals surface area (Å²) in [4.78, 5) is 0. The second-order valence-electron chi connectivity index (χ2n) is 3.63. The van der Waals surface area contributed by atoms with Crippen LogP contribution in [-0.4, -0.2) is 9.78 Å². The minimum Gasteiger partial charge on any atom is -0.437 e. The maximum absolute atomic E-state index is 12.4. The van der Waals surface area contributed by atoms with Crippen LogP contribution in [0.5, 0.6) is 11.6 Å². The number of benzene rings is 1. The number of hydrogen-bond donors (Lipinski definition) is 1. The first kappa shape index (κ1) is 12.3. The molecule has 0 fully saturated rings. The van der Waals surface area contributed by atoms with Crippen LogP contribution in [0.25, 0.3) is 0 Å². The Bertz CT molecular complexity index is 563. The van der Waals surface area contributed by atoms with Gasteiger partial charge in [-0.1, -0.05) is 12.1 Å². The van der Waals surface area contributed by atoms with Crippen molar-refractivity contribution in [2.24, 2.45) is 7.05 Å². The number of para-hydroxylation sites is 2. The van der Waals surface area contributed by atoms with E-state index in [2.05, 4.69) is 5.10 Å². The minimum absolute atomic E-state index is 0.0276. The molecule has 2 rings (SSSR count). The van der Waals surface area contributed by atoms with Gasteiger partial charge in [0, 0.05) is 13.1 Å². The van der Waals surface area contributed by atoms with Crippen molar-refractivity contribution in [1.29, 1.82) is 0 Å². The smallest absolute Gasteiger partial charge is 0.435 e. The molecule has 18 heavy (non-hydrogen) atoms. The molecule has 0 unspecified atom stereocenters. The van der Waals surface area contributed by atoms with E-state index in [-0.39, 0.29) is 11.6 Å². The van der Waals surface area contributed by atoms with Gasteiger partial charge in [0.05, 0.1) is 5.69 Å². The summed E-state index contributed by atoms with van der Waals surface area (Å²) in [7, 11) is 1.36. The normalized spacial score (nSPS) is 11.6. The van der Waals surface area contributed by atoms with Gasteiger partial charge < -0.3 is 10.5 Å². The van der Waals surface area contributed by atoms with E-state index in [1.54, 1.807) is 24.3 Å². The molecule has 7 heteroatoms. The molecule has 0 saturated carbocycles. The lowest BCUT2D eigenvalue weighted by molar-refractivity contribution is -0.141. The fraction of sp³-hybridized carbons (Fsp3) is 0.182. The maximum Gasteiger partial charge on any atom is 0.435 e. The standard InChI is InChI=1S/C11H10F3N3O/c1-17-10(6-9(16-17)11(12,13)14)18-8-5-3-2-4-7(8)15/h2-6H,15H2,1H3. The van der Waals surface area contributed by atoms with Crippen LogP contribution in [-0.2, 0) is 13.2 Å². The number of rotatable bonds is 2. The zero-order valence-corrected chi connectivity index (χ0v) is 9.40. The van der Waals surface area contributed by atoms with Gasteiger partial charge >= 0.3 is 6.18 Å². The number of hydrogen-bond acceptors (Lipinski definition) is 3. The number of nitrogens with two attached hydrogens (primary N) is 1. The second-order valence-corrected chi connectivity index (χ2v) is 3.63. The molecular weight excluding hydrogens is 247 g/mol. The molecule has 0 saturated heterocycles. The van der Waals surface area contributed by atoms with E-state index in [0.29, 0.717) is 5.69 Å². The fourth-order valence-corrected chi connectivity index (χ4v) is 1.37. The van der Waals surface area contributed by atoms with Crippen molar-refractivity contribution in [3.63, 3.8) is 0 Å². The van der Waals surface area contributed by atoms with Gasteiger partial charge in [-0.25, -0.2) is 4.68 Å². The Hall–Kier alpha value is -2.18. The Morgan fingerprint density at radius 2 is 1.94 bits per heavy atom. The van der Waals surface area contributed by atoms with Crippen LogP contribution in [0.4, 0.5) is 18.9 Å². The summed E-state index contributed by atoms with van der Waals surface area (Å²) in [6, 6.07) is 7.36. The van der Waals surface area contributed by atoms with Crippen molar-refractivity contribution in [2.75, 3.05) is 5.73 Å². The Balaban J connectivity index is 2.31. The number of nitrogen functional groups attached to an aromatic ring is 1. The van der Waals surface area contributed by atoms with E-state index < -0.39 is 11.9 Å². The Labute approximate surface area is 101 Å². The van der Waals surface area contributed by atoms with E-state index in [1.807, 2.05) is 0 Å². The van der Waals surface area contributed by atoms with Crippen molar-refractivity contribution >= 4 is 5.69 Å². The summed E-state index contributed by atoms with van der Waals surface area (Å²) in [6.45, 7) is 0. The zero-order chi connectivity index (χ0) is 13.3. The lowest BCUT2D eigenvalue weighted by atomic mass is 10.3. The summed E-state index contributed by atoms with van der Waals surface area (Å²) in [5.41, 5.74) is 4.97. The monoisotopic (exact) mass is 257 g/mol. The first-order valence-corrected chi connectivity index (χ1v) is 5.01. The second kappa shape index (κ2) is 4.25. The van der Waals surface area contributed by atoms with Gasteiger partial charge in [0.1, 0.15) is 0 Å². The summed E-state index contributed by atoms with van der Waals surface area (Å²) >= 11 is 0. The van der Waals surface area contributed by atoms with Crippen molar-refractivity contribution in [3.8, 4) is 11.6 Å². The third-order valence-electron chi connectivity index (χ3n) is 2.26. The van der Waals surface area contributed by atoms with Crippen LogP contribution in [0.3, 0.4) is 0 Å². The molecule has 2 N–H and O–H groups in total. The van der Waals surface area contributed by atoms with E-state index in [0.717, 1.165) is 10.7 Å². The molecule has 1 aromatic carbocycles. The summed E-state index contributed by atoms with van der Waals surface area (Å²) in [5.74, 6) is 0.259. The lowest BCUT2D eigenvalue weighted by Crippen LogP contribution is -2.06. The average molecular weight is 257 g/mol. The molecule has 0 aliphatic rings. The number of anilines is 1. The quantitative estimate of drug-likeness (QED) is 0.841. The van der Waals surface area contributed by atoms with Crippen molar-refractivity contribution in [1.82, 2.24) is 9.78 Å². The highest BCUT2D eigenvalue weighted by Crippen LogP contribution is 2.33. The SMILES string of the molecule is Cn1nc(C(F)(F)F)cc1Oc1ccccc1N. The van der Waals surface area contributed by atoms with Gasteiger partial charge in [0.25, 0.3) is 0 Å². The number of nitrogens with zero attached hydrogens (tertiary/aromatic N) is 2. The predicted molar refractivity (Wildman–Crippen MR) is 59.1 cm³/mol. The highest BCUT2D eigenvalue weighted by molar-refractivity contribution is 5.53. The number of alkyl halides is 3. The van der Waals surface area contributed by atoms with Gasteiger partial charge in [-0.15, -0.1) is 0 Å². The van der Waals surface area contributed by atoms with Crippen LogP contribution in [0, 0.1) is 0 Å². The molecule has 4 nitrogen and oxygen atoms in total. The zero-order valence-electron chi connectivity index (χ0n) is 9.40. The highest BCUT2D eigenvalue weighted by atomic mass is 19.4. The summed E-state index contributed by atoms with van der Waals surface area (Å²) < 4.78 is 43.6. The van der Waals surface area contributed by atoms with Gasteiger partial charge in [0.15, 0.2) is 11.4 Å². The molecule has 2 aromatic rings. The number of aromatic nitrogens is 2. The number of halogens is 3. The van der Waals surface area contributed by atoms with Crippen molar-refractivity contribution < 1.29 is 17.9 Å².